The Labute approximate surface area is 243 Å². The van der Waals surface area contributed by atoms with Crippen LogP contribution in [0.15, 0.2) is 41.7 Å². The van der Waals surface area contributed by atoms with Gasteiger partial charge in [0, 0.05) is 54.1 Å². The lowest BCUT2D eigenvalue weighted by Crippen LogP contribution is -2.74. The SMILES string of the molecule is CC1(C)C(NC(=O)C2=CC=C(OC3CCN(C4CCNCC4)CC3)CC2)C(C)(C)C1Oc1ccc(C#N)c(Cl)c1. The fourth-order valence-electron chi connectivity index (χ4n) is 7.47. The van der Waals surface area contributed by atoms with Gasteiger partial charge in [-0.25, -0.2) is 0 Å². The number of carbonyl (C=O) groups is 1. The van der Waals surface area contributed by atoms with Gasteiger partial charge in [0.05, 0.1) is 16.3 Å². The maximum absolute atomic E-state index is 13.3. The first-order valence-electron chi connectivity index (χ1n) is 14.8. The zero-order valence-electron chi connectivity index (χ0n) is 24.3. The summed E-state index contributed by atoms with van der Waals surface area (Å²) < 4.78 is 12.7. The standard InChI is InChI=1S/C32H43ClN4O3/c1-31(2)29(32(3,4)30(31)40-26-10-7-22(20-34)27(33)19-26)36-28(38)21-5-8-24(9-6-21)39-25-13-17-37(18-14-25)23-11-15-35-16-12-23/h5,7-8,10,19,23,25,29-30,35H,6,9,11-18H2,1-4H3,(H,36,38). The number of nitrogens with one attached hydrogen (secondary N) is 2. The van der Waals surface area contributed by atoms with E-state index < -0.39 is 0 Å². The Kier molecular flexibility index (Phi) is 8.52. The zero-order chi connectivity index (χ0) is 28.5. The van der Waals surface area contributed by atoms with Crippen LogP contribution in [0, 0.1) is 22.2 Å². The maximum atomic E-state index is 13.3. The molecule has 0 radical (unpaired) electrons. The third-order valence-electron chi connectivity index (χ3n) is 9.45. The van der Waals surface area contributed by atoms with Crippen molar-refractivity contribution in [3.8, 4) is 11.8 Å². The number of piperidine rings is 2. The molecule has 1 aromatic rings. The third kappa shape index (κ3) is 5.91. The molecule has 2 saturated heterocycles. The Morgan fingerprint density at radius 3 is 2.35 bits per heavy atom. The molecule has 5 rings (SSSR count). The molecule has 7 nitrogen and oxygen atoms in total. The first kappa shape index (κ1) is 29.0. The molecule has 1 amide bonds. The fraction of sp³-hybridized carbons (Fsp3) is 0.625. The summed E-state index contributed by atoms with van der Waals surface area (Å²) in [6.07, 6.45) is 10.2. The number of allylic oxidation sites excluding steroid dienone is 3. The minimum atomic E-state index is -0.290. The van der Waals surface area contributed by atoms with Crippen LogP contribution >= 0.6 is 11.6 Å². The van der Waals surface area contributed by atoms with Gasteiger partial charge >= 0.3 is 0 Å². The van der Waals surface area contributed by atoms with Crippen molar-refractivity contribution < 1.29 is 14.3 Å². The van der Waals surface area contributed by atoms with Crippen LogP contribution in [-0.2, 0) is 9.53 Å². The Bertz CT molecular complexity index is 1190. The van der Waals surface area contributed by atoms with E-state index in [1.807, 2.05) is 12.2 Å². The number of ether oxygens (including phenoxy) is 2. The van der Waals surface area contributed by atoms with Gasteiger partial charge in [-0.05, 0) is 63.4 Å². The molecule has 2 aliphatic heterocycles. The molecule has 40 heavy (non-hydrogen) atoms. The second-order valence-electron chi connectivity index (χ2n) is 13.0. The van der Waals surface area contributed by atoms with E-state index in [4.69, 9.17) is 26.3 Å². The number of nitriles is 1. The number of halogens is 1. The predicted molar refractivity (Wildman–Crippen MR) is 157 cm³/mol. The number of benzene rings is 1. The van der Waals surface area contributed by atoms with Gasteiger partial charge in [0.1, 0.15) is 24.0 Å². The minimum Gasteiger partial charge on any atom is -0.495 e. The molecule has 0 unspecified atom stereocenters. The molecule has 3 fully saturated rings. The van der Waals surface area contributed by atoms with Gasteiger partial charge in [-0.3, -0.25) is 4.79 Å². The molecule has 216 valence electrons. The molecule has 0 aromatic heterocycles. The number of likely N-dealkylation sites (tertiary alicyclic amines) is 1. The van der Waals surface area contributed by atoms with Crippen LogP contribution < -0.4 is 15.4 Å². The highest BCUT2D eigenvalue weighted by atomic mass is 35.5. The normalized spacial score (nSPS) is 27.0. The van der Waals surface area contributed by atoms with Crippen LogP contribution in [0.2, 0.25) is 5.02 Å². The van der Waals surface area contributed by atoms with Crippen LogP contribution in [-0.4, -0.2) is 61.3 Å². The summed E-state index contributed by atoms with van der Waals surface area (Å²) in [6, 6.07) is 7.89. The molecular weight excluding hydrogens is 524 g/mol. The van der Waals surface area contributed by atoms with Gasteiger partial charge < -0.3 is 25.0 Å². The van der Waals surface area contributed by atoms with E-state index in [1.54, 1.807) is 18.2 Å². The van der Waals surface area contributed by atoms with Gasteiger partial charge in [-0.2, -0.15) is 5.26 Å². The topological polar surface area (TPSA) is 86.6 Å². The van der Waals surface area contributed by atoms with Gasteiger partial charge in [0.25, 0.3) is 0 Å². The third-order valence-corrected chi connectivity index (χ3v) is 9.77. The highest BCUT2D eigenvalue weighted by Gasteiger charge is 2.64. The quantitative estimate of drug-likeness (QED) is 0.463. The van der Waals surface area contributed by atoms with Crippen molar-refractivity contribution >= 4 is 17.5 Å². The average Bonchev–Trinajstić information content (AvgIpc) is 2.95. The summed E-state index contributed by atoms with van der Waals surface area (Å²) >= 11 is 6.22. The summed E-state index contributed by atoms with van der Waals surface area (Å²) in [5, 5.41) is 16.3. The van der Waals surface area contributed by atoms with Crippen molar-refractivity contribution in [3.05, 3.63) is 52.3 Å². The molecule has 1 saturated carbocycles. The number of carbonyl (C=O) groups excluding carboxylic acids is 1. The van der Waals surface area contributed by atoms with Crippen LogP contribution in [0.4, 0.5) is 0 Å². The van der Waals surface area contributed by atoms with E-state index in [0.717, 1.165) is 62.8 Å². The summed E-state index contributed by atoms with van der Waals surface area (Å²) in [6.45, 7) is 13.0. The molecule has 0 atom stereocenters. The van der Waals surface area contributed by atoms with Crippen LogP contribution in [0.3, 0.4) is 0 Å². The molecule has 8 heteroatoms. The lowest BCUT2D eigenvalue weighted by molar-refractivity contribution is -0.172. The highest BCUT2D eigenvalue weighted by Crippen LogP contribution is 2.55. The number of amides is 1. The lowest BCUT2D eigenvalue weighted by atomic mass is 9.49. The van der Waals surface area contributed by atoms with E-state index in [9.17, 15) is 4.79 Å². The maximum Gasteiger partial charge on any atom is 0.247 e. The zero-order valence-corrected chi connectivity index (χ0v) is 25.0. The molecule has 4 aliphatic rings. The molecular formula is C32H43ClN4O3. The average molecular weight is 567 g/mol. The van der Waals surface area contributed by atoms with Crippen molar-refractivity contribution in [2.75, 3.05) is 26.2 Å². The molecule has 1 aromatic carbocycles. The van der Waals surface area contributed by atoms with E-state index in [2.05, 4.69) is 49.3 Å². The molecule has 0 spiro atoms. The Morgan fingerprint density at radius 2 is 1.75 bits per heavy atom. The largest absolute Gasteiger partial charge is 0.495 e. The monoisotopic (exact) mass is 566 g/mol. The van der Waals surface area contributed by atoms with Crippen LogP contribution in [0.1, 0.15) is 71.8 Å². The van der Waals surface area contributed by atoms with Crippen LogP contribution in [0.5, 0.6) is 5.75 Å². The first-order chi connectivity index (χ1) is 19.1. The number of hydrogen-bond donors (Lipinski definition) is 2. The number of nitrogens with zero attached hydrogens (tertiary/aromatic N) is 2. The Balaban J connectivity index is 1.13. The van der Waals surface area contributed by atoms with Crippen molar-refractivity contribution in [1.29, 1.82) is 5.26 Å². The lowest BCUT2D eigenvalue weighted by Gasteiger charge is -2.63. The molecule has 2 aliphatic carbocycles. The Morgan fingerprint density at radius 1 is 1.05 bits per heavy atom. The summed E-state index contributed by atoms with van der Waals surface area (Å²) in [7, 11) is 0. The molecule has 0 bridgehead atoms. The van der Waals surface area contributed by atoms with Crippen molar-refractivity contribution in [3.63, 3.8) is 0 Å². The summed E-state index contributed by atoms with van der Waals surface area (Å²) in [5.74, 6) is 1.61. The van der Waals surface area contributed by atoms with Crippen LogP contribution in [0.25, 0.3) is 0 Å². The van der Waals surface area contributed by atoms with E-state index in [1.165, 1.54) is 12.8 Å². The van der Waals surface area contributed by atoms with E-state index >= 15 is 0 Å². The fourth-order valence-corrected chi connectivity index (χ4v) is 7.68. The molecule has 2 N–H and O–H groups in total. The smallest absolute Gasteiger partial charge is 0.247 e. The van der Waals surface area contributed by atoms with E-state index in [0.29, 0.717) is 22.8 Å². The second-order valence-corrected chi connectivity index (χ2v) is 13.4. The van der Waals surface area contributed by atoms with E-state index in [-0.39, 0.29) is 35.0 Å². The van der Waals surface area contributed by atoms with Gasteiger partial charge in [0.2, 0.25) is 5.91 Å². The Hall–Kier alpha value is -2.53. The first-order valence-corrected chi connectivity index (χ1v) is 15.2. The van der Waals surface area contributed by atoms with Gasteiger partial charge in [-0.1, -0.05) is 45.4 Å². The predicted octanol–water partition coefficient (Wildman–Crippen LogP) is 5.35. The number of hydrogen-bond acceptors (Lipinski definition) is 6. The minimum absolute atomic E-state index is 0.0170. The van der Waals surface area contributed by atoms with Crippen molar-refractivity contribution in [2.45, 2.75) is 90.5 Å². The van der Waals surface area contributed by atoms with Crippen molar-refractivity contribution in [2.24, 2.45) is 10.8 Å². The van der Waals surface area contributed by atoms with Gasteiger partial charge in [-0.15, -0.1) is 0 Å². The summed E-state index contributed by atoms with van der Waals surface area (Å²) in [4.78, 5) is 15.9. The van der Waals surface area contributed by atoms with Crippen molar-refractivity contribution in [1.82, 2.24) is 15.5 Å². The number of rotatable bonds is 7. The van der Waals surface area contributed by atoms with Gasteiger partial charge in [0.15, 0.2) is 0 Å². The molecule has 2 heterocycles. The summed E-state index contributed by atoms with van der Waals surface area (Å²) in [5.41, 5.74) is 0.639. The highest BCUT2D eigenvalue weighted by molar-refractivity contribution is 6.31. The second kappa shape index (κ2) is 11.8.